The van der Waals surface area contributed by atoms with Crippen LogP contribution in [-0.2, 0) is 25.5 Å². The fraction of sp³-hybridized carbons (Fsp3) is 0.368. The molecule has 2 aromatic rings. The Bertz CT molecular complexity index is 771. The van der Waals surface area contributed by atoms with Crippen molar-refractivity contribution < 1.29 is 19.1 Å². The van der Waals surface area contributed by atoms with E-state index < -0.39 is 11.2 Å². The molecule has 5 heteroatoms. The molecule has 1 heterocycles. The smallest absolute Gasteiger partial charge is 0.320 e. The first-order valence-electron chi connectivity index (χ1n) is 8.16. The topological polar surface area (TPSA) is 52.6 Å². The summed E-state index contributed by atoms with van der Waals surface area (Å²) < 4.78 is 10.4. The molecule has 2 atom stereocenters. The van der Waals surface area contributed by atoms with Gasteiger partial charge in [-0.3, -0.25) is 9.59 Å². The van der Waals surface area contributed by atoms with Crippen LogP contribution in [0, 0.1) is 5.92 Å². The van der Waals surface area contributed by atoms with Gasteiger partial charge in [0.15, 0.2) is 0 Å². The molecular formula is C19H20O4S. The van der Waals surface area contributed by atoms with E-state index in [1.54, 1.807) is 13.8 Å². The Morgan fingerprint density at radius 2 is 1.75 bits per heavy atom. The summed E-state index contributed by atoms with van der Waals surface area (Å²) in [6.07, 6.45) is 0.496. The first-order valence-corrected chi connectivity index (χ1v) is 9.04. The summed E-state index contributed by atoms with van der Waals surface area (Å²) in [5.41, 5.74) is 1.08. The van der Waals surface area contributed by atoms with Crippen LogP contribution in [-0.4, -0.2) is 30.4 Å². The number of hydrogen-bond donors (Lipinski definition) is 0. The van der Waals surface area contributed by atoms with Gasteiger partial charge in [0, 0.05) is 4.90 Å². The molecule has 0 aliphatic carbocycles. The lowest BCUT2D eigenvalue weighted by molar-refractivity contribution is -0.154. The minimum Gasteiger partial charge on any atom is -0.466 e. The summed E-state index contributed by atoms with van der Waals surface area (Å²) in [6, 6.07) is 12.2. The van der Waals surface area contributed by atoms with Crippen molar-refractivity contribution in [1.82, 2.24) is 0 Å². The van der Waals surface area contributed by atoms with E-state index in [1.807, 2.05) is 30.3 Å². The van der Waals surface area contributed by atoms with E-state index in [2.05, 4.69) is 6.07 Å². The number of esters is 2. The Hall–Kier alpha value is -2.01. The largest absolute Gasteiger partial charge is 0.466 e. The fourth-order valence-corrected chi connectivity index (χ4v) is 4.44. The number of benzene rings is 2. The lowest BCUT2D eigenvalue weighted by Crippen LogP contribution is -2.38. The Morgan fingerprint density at radius 3 is 2.50 bits per heavy atom. The zero-order valence-electron chi connectivity index (χ0n) is 13.8. The van der Waals surface area contributed by atoms with Crippen molar-refractivity contribution in [2.24, 2.45) is 5.92 Å². The highest BCUT2D eigenvalue weighted by atomic mass is 32.2. The van der Waals surface area contributed by atoms with Crippen molar-refractivity contribution in [2.45, 2.75) is 30.4 Å². The average molecular weight is 344 g/mol. The van der Waals surface area contributed by atoms with E-state index in [4.69, 9.17) is 9.47 Å². The summed E-state index contributed by atoms with van der Waals surface area (Å²) in [7, 11) is 0. The molecular weight excluding hydrogens is 324 g/mol. The number of ether oxygens (including phenoxy) is 2. The molecule has 1 aliphatic rings. The zero-order valence-corrected chi connectivity index (χ0v) is 14.6. The maximum Gasteiger partial charge on any atom is 0.320 e. The second-order valence-electron chi connectivity index (χ2n) is 5.63. The van der Waals surface area contributed by atoms with Gasteiger partial charge in [0.2, 0.25) is 0 Å². The Balaban J connectivity index is 2.03. The first-order chi connectivity index (χ1) is 11.7. The molecule has 0 aromatic heterocycles. The number of rotatable bonds is 4. The molecule has 126 valence electrons. The van der Waals surface area contributed by atoms with Gasteiger partial charge in [0.25, 0.3) is 0 Å². The van der Waals surface area contributed by atoms with E-state index in [-0.39, 0.29) is 11.9 Å². The van der Waals surface area contributed by atoms with E-state index >= 15 is 0 Å². The summed E-state index contributed by atoms with van der Waals surface area (Å²) in [6.45, 7) is 4.15. The van der Waals surface area contributed by atoms with Crippen molar-refractivity contribution in [2.75, 3.05) is 13.2 Å². The highest BCUT2D eigenvalue weighted by Gasteiger charge is 2.41. The highest BCUT2D eigenvalue weighted by Crippen LogP contribution is 2.43. The summed E-state index contributed by atoms with van der Waals surface area (Å²) in [5, 5.41) is 1.67. The van der Waals surface area contributed by atoms with Crippen molar-refractivity contribution in [3.05, 3.63) is 42.0 Å². The van der Waals surface area contributed by atoms with Crippen LogP contribution < -0.4 is 0 Å². The van der Waals surface area contributed by atoms with Crippen LogP contribution in [0.4, 0.5) is 0 Å². The predicted octanol–water partition coefficient (Wildman–Crippen LogP) is 3.60. The monoisotopic (exact) mass is 344 g/mol. The molecule has 0 saturated heterocycles. The van der Waals surface area contributed by atoms with E-state index in [9.17, 15) is 9.59 Å². The highest BCUT2D eigenvalue weighted by molar-refractivity contribution is 8.01. The molecule has 2 aromatic carbocycles. The van der Waals surface area contributed by atoms with Gasteiger partial charge in [-0.15, -0.1) is 11.8 Å². The van der Waals surface area contributed by atoms with Crippen LogP contribution in [0.2, 0.25) is 0 Å². The molecule has 2 unspecified atom stereocenters. The number of hydrogen-bond acceptors (Lipinski definition) is 5. The quantitative estimate of drug-likeness (QED) is 0.793. The number of fused-ring (bicyclic) bond motifs is 3. The van der Waals surface area contributed by atoms with Crippen molar-refractivity contribution >= 4 is 34.5 Å². The lowest BCUT2D eigenvalue weighted by atomic mass is 9.93. The molecule has 0 spiro atoms. The van der Waals surface area contributed by atoms with Crippen molar-refractivity contribution in [3.8, 4) is 0 Å². The molecule has 0 amide bonds. The van der Waals surface area contributed by atoms with Crippen LogP contribution in [0.15, 0.2) is 41.3 Å². The molecule has 4 nitrogen and oxygen atoms in total. The van der Waals surface area contributed by atoms with Crippen LogP contribution >= 0.6 is 11.8 Å². The van der Waals surface area contributed by atoms with Gasteiger partial charge < -0.3 is 9.47 Å². The number of thioether (sulfide) groups is 1. The van der Waals surface area contributed by atoms with Crippen molar-refractivity contribution in [3.63, 3.8) is 0 Å². The third-order valence-electron chi connectivity index (χ3n) is 4.12. The minimum atomic E-state index is -0.567. The van der Waals surface area contributed by atoms with Crippen molar-refractivity contribution in [1.29, 1.82) is 0 Å². The van der Waals surface area contributed by atoms with Gasteiger partial charge >= 0.3 is 11.9 Å². The summed E-state index contributed by atoms with van der Waals surface area (Å²) in [5.74, 6) is -1.19. The Kier molecular flexibility index (Phi) is 5.09. The molecule has 24 heavy (non-hydrogen) atoms. The number of carbonyl (C=O) groups is 2. The molecule has 0 fully saturated rings. The normalized spacial score (nSPS) is 19.6. The fourth-order valence-electron chi connectivity index (χ4n) is 3.03. The van der Waals surface area contributed by atoms with Crippen LogP contribution in [0.25, 0.3) is 10.8 Å². The molecule has 1 aliphatic heterocycles. The van der Waals surface area contributed by atoms with Gasteiger partial charge in [-0.1, -0.05) is 36.4 Å². The number of carbonyl (C=O) groups excluding carboxylic acids is 2. The van der Waals surface area contributed by atoms with E-state index in [0.717, 1.165) is 21.2 Å². The summed E-state index contributed by atoms with van der Waals surface area (Å²) in [4.78, 5) is 25.8. The second kappa shape index (κ2) is 7.26. The maximum absolute atomic E-state index is 12.4. The lowest BCUT2D eigenvalue weighted by Gasteiger charge is -2.30. The first kappa shape index (κ1) is 16.8. The molecule has 0 saturated carbocycles. The zero-order chi connectivity index (χ0) is 17.1. The van der Waals surface area contributed by atoms with Crippen LogP contribution in [0.3, 0.4) is 0 Å². The van der Waals surface area contributed by atoms with E-state index in [1.165, 1.54) is 11.8 Å². The van der Waals surface area contributed by atoms with Gasteiger partial charge in [-0.25, -0.2) is 0 Å². The summed E-state index contributed by atoms with van der Waals surface area (Å²) >= 11 is 1.42. The maximum atomic E-state index is 12.4. The SMILES string of the molecule is CCOC(=O)C1Cc2ccc3ccccc3c2SC1C(=O)OCC. The van der Waals surface area contributed by atoms with Gasteiger partial charge in [0.05, 0.1) is 19.1 Å². The van der Waals surface area contributed by atoms with Gasteiger partial charge in [0.1, 0.15) is 5.25 Å². The van der Waals surface area contributed by atoms with Crippen LogP contribution in [0.1, 0.15) is 19.4 Å². The molecule has 3 rings (SSSR count). The predicted molar refractivity (Wildman–Crippen MR) is 94.1 cm³/mol. The van der Waals surface area contributed by atoms with E-state index in [0.29, 0.717) is 19.6 Å². The molecule has 0 N–H and O–H groups in total. The van der Waals surface area contributed by atoms with Crippen LogP contribution in [0.5, 0.6) is 0 Å². The third-order valence-corrected chi connectivity index (χ3v) is 5.61. The third kappa shape index (κ3) is 3.13. The molecule has 0 radical (unpaired) electrons. The Labute approximate surface area is 145 Å². The van der Waals surface area contributed by atoms with Gasteiger partial charge in [-0.05, 0) is 36.6 Å². The Morgan fingerprint density at radius 1 is 1.04 bits per heavy atom. The van der Waals surface area contributed by atoms with Gasteiger partial charge in [-0.2, -0.15) is 0 Å². The second-order valence-corrected chi connectivity index (χ2v) is 6.78. The standard InChI is InChI=1S/C19H20O4S/c1-3-22-18(20)15-11-13-10-9-12-7-5-6-8-14(12)16(13)24-17(15)19(21)23-4-2/h5-10,15,17H,3-4,11H2,1-2H3. The molecule has 0 bridgehead atoms. The average Bonchev–Trinajstić information content (AvgIpc) is 2.61. The minimum absolute atomic E-state index is 0.299.